The topological polar surface area (TPSA) is 95.3 Å². The zero-order chi connectivity index (χ0) is 25.8. The highest BCUT2D eigenvalue weighted by Crippen LogP contribution is 2.38. The van der Waals surface area contributed by atoms with E-state index in [1.165, 1.54) is 47.9 Å². The molecule has 0 unspecified atom stereocenters. The average Bonchev–Trinajstić information content (AvgIpc) is 3.66. The summed E-state index contributed by atoms with van der Waals surface area (Å²) in [6.07, 6.45) is 8.97. The second kappa shape index (κ2) is 11.7. The van der Waals surface area contributed by atoms with Gasteiger partial charge in [-0.2, -0.15) is 0 Å². The summed E-state index contributed by atoms with van der Waals surface area (Å²) < 4.78 is 13.1. The minimum Gasteiger partial charge on any atom is -0.490 e. The lowest BCUT2D eigenvalue weighted by molar-refractivity contribution is -0.113. The van der Waals surface area contributed by atoms with Crippen molar-refractivity contribution in [3.8, 4) is 17.1 Å². The Kier molecular flexibility index (Phi) is 8.14. The summed E-state index contributed by atoms with van der Waals surface area (Å²) >= 11 is 2.82. The molecular formula is C27H32N4O4S2. The maximum Gasteiger partial charge on any atom is 0.341 e. The number of carbonyl (C=O) groups excluding carboxylic acids is 2. The van der Waals surface area contributed by atoms with Crippen molar-refractivity contribution in [2.24, 2.45) is 0 Å². The third-order valence-electron chi connectivity index (χ3n) is 6.90. The third-order valence-corrected chi connectivity index (χ3v) is 9.07. The molecule has 10 heteroatoms. The molecule has 1 amide bonds. The Morgan fingerprint density at radius 1 is 1.11 bits per heavy atom. The molecule has 1 saturated carbocycles. The molecule has 0 bridgehead atoms. The fourth-order valence-electron chi connectivity index (χ4n) is 5.04. The van der Waals surface area contributed by atoms with Crippen molar-refractivity contribution in [3.63, 3.8) is 0 Å². The van der Waals surface area contributed by atoms with E-state index in [1.54, 1.807) is 0 Å². The molecule has 0 radical (unpaired) electrons. The highest BCUT2D eigenvalue weighted by atomic mass is 32.2. The van der Waals surface area contributed by atoms with Gasteiger partial charge in [0.25, 0.3) is 0 Å². The number of aromatic nitrogens is 3. The number of thioether (sulfide) groups is 1. The summed E-state index contributed by atoms with van der Waals surface area (Å²) in [5, 5.41) is 13.0. The predicted molar refractivity (Wildman–Crippen MR) is 146 cm³/mol. The van der Waals surface area contributed by atoms with Gasteiger partial charge in [0, 0.05) is 17.0 Å². The number of hydrogen-bond donors (Lipinski definition) is 1. The number of carbonyl (C=O) groups is 2. The zero-order valence-electron chi connectivity index (χ0n) is 21.2. The number of nitrogens with zero attached hydrogens (tertiary/aromatic N) is 3. The molecule has 0 spiro atoms. The Morgan fingerprint density at radius 2 is 1.86 bits per heavy atom. The molecule has 0 saturated heterocycles. The van der Waals surface area contributed by atoms with Crippen molar-refractivity contribution in [3.05, 3.63) is 40.3 Å². The molecule has 5 rings (SSSR count). The summed E-state index contributed by atoms with van der Waals surface area (Å²) in [5.41, 5.74) is 2.50. The van der Waals surface area contributed by atoms with Gasteiger partial charge in [0.1, 0.15) is 10.8 Å². The first-order valence-electron chi connectivity index (χ1n) is 12.9. The van der Waals surface area contributed by atoms with Gasteiger partial charge in [0.2, 0.25) is 5.91 Å². The Labute approximate surface area is 225 Å². The van der Waals surface area contributed by atoms with E-state index in [4.69, 9.17) is 9.47 Å². The Hall–Kier alpha value is -2.85. The molecule has 1 fully saturated rings. The summed E-state index contributed by atoms with van der Waals surface area (Å²) in [7, 11) is 1.38. The molecule has 2 aromatic heterocycles. The molecule has 37 heavy (non-hydrogen) atoms. The number of methoxy groups -OCH3 is 1. The van der Waals surface area contributed by atoms with Crippen molar-refractivity contribution < 1.29 is 19.1 Å². The molecule has 3 aromatic rings. The van der Waals surface area contributed by atoms with Gasteiger partial charge in [-0.1, -0.05) is 11.8 Å². The van der Waals surface area contributed by atoms with E-state index >= 15 is 0 Å². The number of benzene rings is 1. The van der Waals surface area contributed by atoms with E-state index < -0.39 is 5.97 Å². The first-order chi connectivity index (χ1) is 18.1. The normalized spacial score (nSPS) is 15.4. The molecule has 0 aliphatic heterocycles. The van der Waals surface area contributed by atoms with Gasteiger partial charge in [0.15, 0.2) is 11.0 Å². The average molecular weight is 541 g/mol. The van der Waals surface area contributed by atoms with Crippen molar-refractivity contribution >= 4 is 40.0 Å². The quantitative estimate of drug-likeness (QED) is 0.273. The summed E-state index contributed by atoms with van der Waals surface area (Å²) in [5.74, 6) is 1.23. The van der Waals surface area contributed by atoms with E-state index in [9.17, 15) is 9.59 Å². The minimum atomic E-state index is -0.391. The lowest BCUT2D eigenvalue weighted by Crippen LogP contribution is -2.17. The van der Waals surface area contributed by atoms with E-state index in [1.807, 2.05) is 35.8 Å². The number of esters is 1. The van der Waals surface area contributed by atoms with Crippen molar-refractivity contribution in [2.45, 2.75) is 76.1 Å². The Morgan fingerprint density at radius 3 is 2.59 bits per heavy atom. The number of ether oxygens (including phenoxy) is 2. The van der Waals surface area contributed by atoms with Crippen LogP contribution in [0.25, 0.3) is 11.4 Å². The number of anilines is 1. The fourth-order valence-corrected chi connectivity index (χ4v) is 7.14. The number of nitrogens with one attached hydrogen (secondary N) is 1. The Balaban J connectivity index is 1.24. The van der Waals surface area contributed by atoms with Crippen molar-refractivity contribution in [1.82, 2.24) is 14.8 Å². The number of rotatable bonds is 9. The van der Waals surface area contributed by atoms with Gasteiger partial charge >= 0.3 is 5.97 Å². The van der Waals surface area contributed by atoms with Crippen LogP contribution in [-0.4, -0.2) is 45.6 Å². The Bertz CT molecular complexity index is 1260. The van der Waals surface area contributed by atoms with E-state index in [2.05, 4.69) is 15.5 Å². The van der Waals surface area contributed by atoms with Crippen molar-refractivity contribution in [2.75, 3.05) is 18.2 Å². The monoisotopic (exact) mass is 540 g/mol. The molecule has 2 aliphatic carbocycles. The van der Waals surface area contributed by atoms with Crippen LogP contribution in [0.15, 0.2) is 29.4 Å². The van der Waals surface area contributed by atoms with Gasteiger partial charge in [0.05, 0.1) is 24.5 Å². The van der Waals surface area contributed by atoms with E-state index in [0.717, 1.165) is 61.2 Å². The van der Waals surface area contributed by atoms with Gasteiger partial charge in [-0.25, -0.2) is 4.79 Å². The second-order valence-corrected chi connectivity index (χ2v) is 11.4. The molecule has 0 atom stereocenters. The third kappa shape index (κ3) is 5.70. The molecule has 196 valence electrons. The number of aryl methyl sites for hydroxylation is 1. The first-order valence-corrected chi connectivity index (χ1v) is 14.7. The molecule has 1 N–H and O–H groups in total. The first kappa shape index (κ1) is 25.8. The maximum absolute atomic E-state index is 12.9. The number of hydrogen-bond acceptors (Lipinski definition) is 8. The smallest absolute Gasteiger partial charge is 0.341 e. The molecular weight excluding hydrogens is 508 g/mol. The van der Waals surface area contributed by atoms with Crippen LogP contribution in [0.1, 0.15) is 66.2 Å². The maximum atomic E-state index is 12.9. The van der Waals surface area contributed by atoms with Crippen LogP contribution in [0.2, 0.25) is 0 Å². The van der Waals surface area contributed by atoms with Crippen LogP contribution >= 0.6 is 23.1 Å². The predicted octanol–water partition coefficient (Wildman–Crippen LogP) is 5.74. The number of fused-ring (bicyclic) bond motifs is 1. The van der Waals surface area contributed by atoms with Gasteiger partial charge in [-0.15, -0.1) is 21.5 Å². The van der Waals surface area contributed by atoms with E-state index in [-0.39, 0.29) is 11.7 Å². The van der Waals surface area contributed by atoms with Crippen LogP contribution in [-0.2, 0) is 28.9 Å². The molecule has 2 heterocycles. The highest BCUT2D eigenvalue weighted by Gasteiger charge is 2.27. The SMILES string of the molecule is CCn1c(SCC(=O)Nc2sc3c(c2C(=O)OC)CCCC3)nnc1-c1ccc(OC2CCCC2)cc1. The molecule has 8 nitrogen and oxygen atoms in total. The van der Waals surface area contributed by atoms with Gasteiger partial charge in [-0.3, -0.25) is 4.79 Å². The second-order valence-electron chi connectivity index (χ2n) is 9.34. The van der Waals surface area contributed by atoms with Gasteiger partial charge in [-0.05, 0) is 88.1 Å². The highest BCUT2D eigenvalue weighted by molar-refractivity contribution is 7.99. The van der Waals surface area contributed by atoms with Crippen LogP contribution in [0, 0.1) is 0 Å². The van der Waals surface area contributed by atoms with Crippen molar-refractivity contribution in [1.29, 1.82) is 0 Å². The largest absolute Gasteiger partial charge is 0.490 e. The summed E-state index contributed by atoms with van der Waals surface area (Å²) in [6, 6.07) is 7.99. The lowest BCUT2D eigenvalue weighted by Gasteiger charge is -2.13. The summed E-state index contributed by atoms with van der Waals surface area (Å²) in [4.78, 5) is 26.5. The fraction of sp³-hybridized carbons (Fsp3) is 0.481. The van der Waals surface area contributed by atoms with Crippen LogP contribution in [0.4, 0.5) is 5.00 Å². The van der Waals surface area contributed by atoms with Crippen LogP contribution in [0.3, 0.4) is 0 Å². The number of thiophene rings is 1. The minimum absolute atomic E-state index is 0.162. The molecule has 2 aliphatic rings. The van der Waals surface area contributed by atoms with Crippen LogP contribution in [0.5, 0.6) is 5.75 Å². The molecule has 1 aromatic carbocycles. The van der Waals surface area contributed by atoms with E-state index in [0.29, 0.717) is 28.4 Å². The summed E-state index contributed by atoms with van der Waals surface area (Å²) in [6.45, 7) is 2.71. The van der Waals surface area contributed by atoms with Crippen LogP contribution < -0.4 is 10.1 Å². The standard InChI is InChI=1S/C27H32N4O4S2/c1-3-31-24(17-12-14-19(15-13-17)35-18-8-4-5-9-18)29-30-27(31)36-16-22(32)28-25-23(26(33)34-2)20-10-6-7-11-21(20)37-25/h12-15,18H,3-11,16H2,1-2H3,(H,28,32). The number of amides is 1. The lowest BCUT2D eigenvalue weighted by atomic mass is 9.95. The van der Waals surface area contributed by atoms with Gasteiger partial charge < -0.3 is 19.4 Å². The zero-order valence-corrected chi connectivity index (χ0v) is 22.9.